The molecular formula is C8H10F2O. The number of phenolic OH excluding ortho intramolecular Hbond substituents is 1. The Morgan fingerprint density at radius 3 is 1.64 bits per heavy atom. The third kappa shape index (κ3) is 3.55. The monoisotopic (exact) mass is 160 g/mol. The molecule has 0 saturated carbocycles. The summed E-state index contributed by atoms with van der Waals surface area (Å²) in [6, 6.07) is 2.37. The summed E-state index contributed by atoms with van der Waals surface area (Å²) >= 11 is 0. The number of hydrogen-bond acceptors (Lipinski definition) is 1. The fourth-order valence-corrected chi connectivity index (χ4v) is 0.539. The van der Waals surface area contributed by atoms with Crippen molar-refractivity contribution in [2.75, 3.05) is 0 Å². The molecule has 1 aromatic rings. The molecule has 62 valence electrons. The van der Waals surface area contributed by atoms with E-state index in [9.17, 15) is 8.78 Å². The molecule has 0 saturated heterocycles. The largest absolute Gasteiger partial charge is 0.508 e. The lowest BCUT2D eigenvalue weighted by Crippen LogP contribution is -1.76. The van der Waals surface area contributed by atoms with Crippen LogP contribution in [0.25, 0.3) is 0 Å². The lowest BCUT2D eigenvalue weighted by Gasteiger charge is -1.90. The molecule has 0 bridgehead atoms. The Bertz CT molecular complexity index is 173. The maximum Gasteiger partial charge on any atom is 0.129 e. The second-order valence-electron chi connectivity index (χ2n) is 1.63. The smallest absolute Gasteiger partial charge is 0.129 e. The van der Waals surface area contributed by atoms with E-state index in [1.54, 1.807) is 0 Å². The SMILES string of the molecule is CC.Oc1cc(F)cc(F)c1. The summed E-state index contributed by atoms with van der Waals surface area (Å²) in [6.45, 7) is 4.00. The molecule has 0 fully saturated rings. The van der Waals surface area contributed by atoms with E-state index in [-0.39, 0.29) is 0 Å². The Labute approximate surface area is 64.3 Å². The second-order valence-corrected chi connectivity index (χ2v) is 1.63. The number of halogens is 2. The van der Waals surface area contributed by atoms with E-state index >= 15 is 0 Å². The van der Waals surface area contributed by atoms with Gasteiger partial charge in [0.15, 0.2) is 0 Å². The van der Waals surface area contributed by atoms with E-state index in [0.29, 0.717) is 6.07 Å². The number of rotatable bonds is 0. The van der Waals surface area contributed by atoms with Gasteiger partial charge >= 0.3 is 0 Å². The third-order valence-corrected chi connectivity index (χ3v) is 0.847. The van der Waals surface area contributed by atoms with Crippen LogP contribution in [-0.4, -0.2) is 5.11 Å². The summed E-state index contributed by atoms with van der Waals surface area (Å²) in [7, 11) is 0. The highest BCUT2D eigenvalue weighted by Gasteiger charge is 1.95. The molecule has 0 spiro atoms. The molecule has 0 atom stereocenters. The van der Waals surface area contributed by atoms with E-state index in [4.69, 9.17) is 5.11 Å². The van der Waals surface area contributed by atoms with Crippen LogP contribution in [0.15, 0.2) is 18.2 Å². The van der Waals surface area contributed by atoms with E-state index in [0.717, 1.165) is 12.1 Å². The zero-order chi connectivity index (χ0) is 8.85. The van der Waals surface area contributed by atoms with Gasteiger partial charge in [-0.25, -0.2) is 8.78 Å². The van der Waals surface area contributed by atoms with Crippen LogP contribution in [0.1, 0.15) is 13.8 Å². The molecule has 0 radical (unpaired) electrons. The molecule has 0 unspecified atom stereocenters. The predicted octanol–water partition coefficient (Wildman–Crippen LogP) is 2.70. The maximum atomic E-state index is 12.0. The van der Waals surface area contributed by atoms with Gasteiger partial charge in [0, 0.05) is 18.2 Å². The van der Waals surface area contributed by atoms with Gasteiger partial charge in [-0.15, -0.1) is 0 Å². The molecule has 1 nitrogen and oxygen atoms in total. The highest BCUT2D eigenvalue weighted by atomic mass is 19.1. The fourth-order valence-electron chi connectivity index (χ4n) is 0.539. The lowest BCUT2D eigenvalue weighted by atomic mass is 10.3. The van der Waals surface area contributed by atoms with E-state index in [1.807, 2.05) is 13.8 Å². The minimum absolute atomic E-state index is 0.396. The average Bonchev–Trinajstić information content (AvgIpc) is 1.88. The van der Waals surface area contributed by atoms with Gasteiger partial charge < -0.3 is 5.11 Å². The van der Waals surface area contributed by atoms with Gasteiger partial charge in [-0.1, -0.05) is 13.8 Å². The Kier molecular flexibility index (Phi) is 4.18. The van der Waals surface area contributed by atoms with Crippen LogP contribution in [0.2, 0.25) is 0 Å². The standard InChI is InChI=1S/C6H4F2O.C2H6/c7-4-1-5(8)3-6(9)2-4;1-2/h1-3,9H;1-2H3. The summed E-state index contributed by atoms with van der Waals surface area (Å²) in [6.07, 6.45) is 0. The Morgan fingerprint density at radius 2 is 1.36 bits per heavy atom. The molecule has 0 heterocycles. The van der Waals surface area contributed by atoms with Gasteiger partial charge in [-0.3, -0.25) is 0 Å². The van der Waals surface area contributed by atoms with Crippen molar-refractivity contribution in [3.63, 3.8) is 0 Å². The van der Waals surface area contributed by atoms with E-state index in [2.05, 4.69) is 0 Å². The van der Waals surface area contributed by atoms with Crippen LogP contribution in [0.3, 0.4) is 0 Å². The topological polar surface area (TPSA) is 20.2 Å². The van der Waals surface area contributed by atoms with Crippen molar-refractivity contribution < 1.29 is 13.9 Å². The van der Waals surface area contributed by atoms with Crippen molar-refractivity contribution in [1.82, 2.24) is 0 Å². The van der Waals surface area contributed by atoms with Crippen LogP contribution in [-0.2, 0) is 0 Å². The molecule has 3 heteroatoms. The van der Waals surface area contributed by atoms with Crippen LogP contribution in [0, 0.1) is 11.6 Å². The lowest BCUT2D eigenvalue weighted by molar-refractivity contribution is 0.460. The first-order chi connectivity index (χ1) is 5.18. The predicted molar refractivity (Wildman–Crippen MR) is 39.4 cm³/mol. The zero-order valence-corrected chi connectivity index (χ0v) is 6.44. The van der Waals surface area contributed by atoms with Crippen molar-refractivity contribution in [2.24, 2.45) is 0 Å². The summed E-state index contributed by atoms with van der Waals surface area (Å²) < 4.78 is 24.1. The molecule has 0 aliphatic rings. The summed E-state index contributed by atoms with van der Waals surface area (Å²) in [5.41, 5.74) is 0. The van der Waals surface area contributed by atoms with Crippen molar-refractivity contribution in [3.05, 3.63) is 29.8 Å². The molecule has 0 aromatic heterocycles. The number of phenols is 1. The first-order valence-corrected chi connectivity index (χ1v) is 3.33. The van der Waals surface area contributed by atoms with Gasteiger partial charge in [0.05, 0.1) is 0 Å². The normalized spacial score (nSPS) is 8.36. The number of benzene rings is 1. The van der Waals surface area contributed by atoms with Gasteiger partial charge in [0.1, 0.15) is 17.4 Å². The minimum Gasteiger partial charge on any atom is -0.508 e. The molecular weight excluding hydrogens is 150 g/mol. The Morgan fingerprint density at radius 1 is 1.00 bits per heavy atom. The summed E-state index contributed by atoms with van der Waals surface area (Å²) in [5.74, 6) is -1.94. The number of aromatic hydroxyl groups is 1. The average molecular weight is 160 g/mol. The van der Waals surface area contributed by atoms with Crippen LogP contribution in [0.5, 0.6) is 5.75 Å². The first kappa shape index (κ1) is 9.88. The van der Waals surface area contributed by atoms with Crippen LogP contribution in [0.4, 0.5) is 8.78 Å². The molecule has 0 amide bonds. The molecule has 1 rings (SSSR count). The quantitative estimate of drug-likeness (QED) is 0.618. The van der Waals surface area contributed by atoms with Gasteiger partial charge in [-0.2, -0.15) is 0 Å². The van der Waals surface area contributed by atoms with Crippen molar-refractivity contribution in [2.45, 2.75) is 13.8 Å². The highest BCUT2D eigenvalue weighted by molar-refractivity contribution is 5.21. The Hall–Kier alpha value is -1.12. The molecule has 1 aromatic carbocycles. The molecule has 1 N–H and O–H groups in total. The maximum absolute atomic E-state index is 12.0. The molecule has 11 heavy (non-hydrogen) atoms. The third-order valence-electron chi connectivity index (χ3n) is 0.847. The van der Waals surface area contributed by atoms with Crippen molar-refractivity contribution in [1.29, 1.82) is 0 Å². The zero-order valence-electron chi connectivity index (χ0n) is 6.44. The van der Waals surface area contributed by atoms with Gasteiger partial charge in [-0.05, 0) is 0 Å². The van der Waals surface area contributed by atoms with Crippen LogP contribution >= 0.6 is 0 Å². The summed E-state index contributed by atoms with van der Waals surface area (Å²) in [5, 5.41) is 8.51. The van der Waals surface area contributed by atoms with E-state index in [1.165, 1.54) is 0 Å². The summed E-state index contributed by atoms with van der Waals surface area (Å²) in [4.78, 5) is 0. The molecule has 0 aliphatic heterocycles. The second kappa shape index (κ2) is 4.66. The Balaban J connectivity index is 0.000000461. The molecule has 0 aliphatic carbocycles. The van der Waals surface area contributed by atoms with Crippen molar-refractivity contribution in [3.8, 4) is 5.75 Å². The number of hydrogen-bond donors (Lipinski definition) is 1. The van der Waals surface area contributed by atoms with E-state index < -0.39 is 17.4 Å². The van der Waals surface area contributed by atoms with Gasteiger partial charge in [0.2, 0.25) is 0 Å². The highest BCUT2D eigenvalue weighted by Crippen LogP contribution is 2.12. The minimum atomic E-state index is -0.771. The van der Waals surface area contributed by atoms with Gasteiger partial charge in [0.25, 0.3) is 0 Å². The van der Waals surface area contributed by atoms with Crippen LogP contribution < -0.4 is 0 Å². The van der Waals surface area contributed by atoms with Crippen molar-refractivity contribution >= 4 is 0 Å². The fraction of sp³-hybridized carbons (Fsp3) is 0.250. The first-order valence-electron chi connectivity index (χ1n) is 3.33.